The summed E-state index contributed by atoms with van der Waals surface area (Å²) in [5.41, 5.74) is 0. The fourth-order valence-electron chi connectivity index (χ4n) is 2.27. The molecule has 0 aromatic carbocycles. The number of amides is 1. The molecule has 1 rings (SSSR count). The molecule has 1 heterocycles. The molecular formula is C11H21ClN2O3S. The second kappa shape index (κ2) is 6.73. The van der Waals surface area contributed by atoms with Crippen molar-refractivity contribution in [2.45, 2.75) is 20.3 Å². The van der Waals surface area contributed by atoms with Crippen molar-refractivity contribution < 1.29 is 13.2 Å². The maximum absolute atomic E-state index is 11.7. The molecule has 1 fully saturated rings. The number of hydrogen-bond donors (Lipinski definition) is 0. The van der Waals surface area contributed by atoms with Crippen molar-refractivity contribution in [3.63, 3.8) is 0 Å². The number of rotatable bonds is 7. The first-order chi connectivity index (χ1) is 8.35. The zero-order valence-electron chi connectivity index (χ0n) is 10.9. The molecule has 7 heteroatoms. The van der Waals surface area contributed by atoms with E-state index in [1.807, 2.05) is 0 Å². The van der Waals surface area contributed by atoms with Crippen molar-refractivity contribution in [1.82, 2.24) is 9.80 Å². The Morgan fingerprint density at radius 3 is 2.50 bits per heavy atom. The molecule has 1 aliphatic rings. The molecule has 0 aromatic heterocycles. The summed E-state index contributed by atoms with van der Waals surface area (Å²) in [5.74, 6) is -0.230. The third-order valence-electron chi connectivity index (χ3n) is 3.31. The number of carbonyl (C=O) groups excluding carboxylic acids is 1. The molecule has 1 aliphatic heterocycles. The highest BCUT2D eigenvalue weighted by atomic mass is 35.7. The lowest BCUT2D eigenvalue weighted by molar-refractivity contribution is -0.127. The van der Waals surface area contributed by atoms with Crippen LogP contribution in [0.3, 0.4) is 0 Å². The maximum Gasteiger partial charge on any atom is 0.232 e. The highest BCUT2D eigenvalue weighted by molar-refractivity contribution is 8.13. The van der Waals surface area contributed by atoms with Gasteiger partial charge in [0.15, 0.2) is 0 Å². The smallest absolute Gasteiger partial charge is 0.232 e. The lowest BCUT2D eigenvalue weighted by Gasteiger charge is -2.23. The van der Waals surface area contributed by atoms with Crippen LogP contribution in [0.4, 0.5) is 0 Å². The van der Waals surface area contributed by atoms with Gasteiger partial charge in [-0.1, -0.05) is 13.8 Å². The van der Waals surface area contributed by atoms with E-state index < -0.39 is 9.05 Å². The van der Waals surface area contributed by atoms with E-state index in [1.165, 1.54) is 0 Å². The van der Waals surface area contributed by atoms with Gasteiger partial charge < -0.3 is 9.80 Å². The zero-order chi connectivity index (χ0) is 13.8. The van der Waals surface area contributed by atoms with Crippen LogP contribution < -0.4 is 0 Å². The summed E-state index contributed by atoms with van der Waals surface area (Å²) in [6.45, 7) is 8.08. The summed E-state index contributed by atoms with van der Waals surface area (Å²) in [4.78, 5) is 15.7. The molecule has 0 saturated carbocycles. The average Bonchev–Trinajstić information content (AvgIpc) is 2.58. The lowest BCUT2D eigenvalue weighted by Crippen LogP contribution is -2.36. The summed E-state index contributed by atoms with van der Waals surface area (Å²) in [7, 11) is 1.70. The molecular weight excluding hydrogens is 276 g/mol. The minimum Gasteiger partial charge on any atom is -0.341 e. The zero-order valence-corrected chi connectivity index (χ0v) is 12.5. The molecule has 0 radical (unpaired) electrons. The van der Waals surface area contributed by atoms with Gasteiger partial charge in [-0.3, -0.25) is 4.79 Å². The summed E-state index contributed by atoms with van der Waals surface area (Å²) in [6, 6.07) is 0. The highest BCUT2D eigenvalue weighted by Crippen LogP contribution is 2.20. The summed E-state index contributed by atoms with van der Waals surface area (Å²) < 4.78 is 22.0. The van der Waals surface area contributed by atoms with E-state index in [1.54, 1.807) is 4.90 Å². The molecule has 0 spiro atoms. The monoisotopic (exact) mass is 296 g/mol. The van der Waals surface area contributed by atoms with E-state index >= 15 is 0 Å². The molecule has 1 atom stereocenters. The van der Waals surface area contributed by atoms with Crippen LogP contribution >= 0.6 is 10.7 Å². The van der Waals surface area contributed by atoms with Gasteiger partial charge in [0.1, 0.15) is 0 Å². The van der Waals surface area contributed by atoms with Crippen LogP contribution in [0, 0.1) is 5.92 Å². The second-order valence-corrected chi connectivity index (χ2v) is 7.46. The SMILES string of the molecule is CCN(CC)CCN1CC(CS(=O)(=O)Cl)CC1=O. The van der Waals surface area contributed by atoms with Crippen LogP contribution in [0.1, 0.15) is 20.3 Å². The van der Waals surface area contributed by atoms with Crippen molar-refractivity contribution in [3.8, 4) is 0 Å². The van der Waals surface area contributed by atoms with Crippen molar-refractivity contribution in [3.05, 3.63) is 0 Å². The first-order valence-corrected chi connectivity index (χ1v) is 8.76. The first-order valence-electron chi connectivity index (χ1n) is 6.28. The molecule has 0 aliphatic carbocycles. The number of likely N-dealkylation sites (tertiary alicyclic amines) is 1. The summed E-state index contributed by atoms with van der Waals surface area (Å²) in [5, 5.41) is 0. The van der Waals surface area contributed by atoms with Crippen LogP contribution in [-0.2, 0) is 13.8 Å². The molecule has 1 saturated heterocycles. The Kier molecular flexibility index (Phi) is 5.88. The van der Waals surface area contributed by atoms with Gasteiger partial charge in [0, 0.05) is 42.7 Å². The van der Waals surface area contributed by atoms with Crippen molar-refractivity contribution >= 4 is 25.6 Å². The Labute approximate surface area is 113 Å². The van der Waals surface area contributed by atoms with Crippen LogP contribution in [0.5, 0.6) is 0 Å². The van der Waals surface area contributed by atoms with Crippen LogP contribution in [0.15, 0.2) is 0 Å². The minimum atomic E-state index is -3.51. The van der Waals surface area contributed by atoms with Gasteiger partial charge in [-0.2, -0.15) is 0 Å². The Balaban J connectivity index is 2.42. The molecule has 18 heavy (non-hydrogen) atoms. The molecule has 1 amide bonds. The molecule has 106 valence electrons. The van der Waals surface area contributed by atoms with E-state index in [0.717, 1.165) is 19.6 Å². The van der Waals surface area contributed by atoms with E-state index in [4.69, 9.17) is 10.7 Å². The normalized spacial score (nSPS) is 21.0. The quantitative estimate of drug-likeness (QED) is 0.651. The van der Waals surface area contributed by atoms with Crippen molar-refractivity contribution in [1.29, 1.82) is 0 Å². The first kappa shape index (κ1) is 15.7. The topological polar surface area (TPSA) is 57.7 Å². The number of halogens is 1. The number of hydrogen-bond acceptors (Lipinski definition) is 4. The molecule has 1 unspecified atom stereocenters. The van der Waals surface area contributed by atoms with Gasteiger partial charge in [-0.25, -0.2) is 8.42 Å². The Morgan fingerprint density at radius 2 is 2.00 bits per heavy atom. The van der Waals surface area contributed by atoms with Gasteiger partial charge in [0.05, 0.1) is 5.75 Å². The van der Waals surface area contributed by atoms with E-state index in [9.17, 15) is 13.2 Å². The molecule has 0 bridgehead atoms. The fraction of sp³-hybridized carbons (Fsp3) is 0.909. The minimum absolute atomic E-state index is 0.0347. The summed E-state index contributed by atoms with van der Waals surface area (Å²) in [6.07, 6.45) is 0.296. The Morgan fingerprint density at radius 1 is 1.39 bits per heavy atom. The third-order valence-corrected chi connectivity index (χ3v) is 4.56. The standard InChI is InChI=1S/C11H21ClN2O3S/c1-3-13(4-2)5-6-14-8-10(7-11(14)15)9-18(12,16)17/h10H,3-9H2,1-2H3. The predicted octanol–water partition coefficient (Wildman–Crippen LogP) is 0.745. The van der Waals surface area contributed by atoms with Gasteiger partial charge in [0.25, 0.3) is 0 Å². The maximum atomic E-state index is 11.7. The average molecular weight is 297 g/mol. The largest absolute Gasteiger partial charge is 0.341 e. The molecule has 5 nitrogen and oxygen atoms in total. The van der Waals surface area contributed by atoms with Crippen molar-refractivity contribution in [2.24, 2.45) is 5.92 Å². The van der Waals surface area contributed by atoms with Gasteiger partial charge in [-0.05, 0) is 13.1 Å². The Bertz CT molecular complexity index is 382. The van der Waals surface area contributed by atoms with Gasteiger partial charge in [0.2, 0.25) is 15.0 Å². The lowest BCUT2D eigenvalue weighted by atomic mass is 10.1. The highest BCUT2D eigenvalue weighted by Gasteiger charge is 2.32. The van der Waals surface area contributed by atoms with Crippen LogP contribution in [0.2, 0.25) is 0 Å². The van der Waals surface area contributed by atoms with Crippen molar-refractivity contribution in [2.75, 3.05) is 38.5 Å². The van der Waals surface area contributed by atoms with E-state index in [0.29, 0.717) is 19.5 Å². The van der Waals surface area contributed by atoms with E-state index in [2.05, 4.69) is 18.7 Å². The molecule has 0 N–H and O–H groups in total. The van der Waals surface area contributed by atoms with Crippen LogP contribution in [0.25, 0.3) is 0 Å². The fourth-order valence-corrected chi connectivity index (χ4v) is 3.59. The van der Waals surface area contributed by atoms with Gasteiger partial charge in [-0.15, -0.1) is 0 Å². The number of likely N-dealkylation sites (N-methyl/N-ethyl adjacent to an activating group) is 1. The van der Waals surface area contributed by atoms with E-state index in [-0.39, 0.29) is 17.6 Å². The van der Waals surface area contributed by atoms with Gasteiger partial charge >= 0.3 is 0 Å². The second-order valence-electron chi connectivity index (χ2n) is 4.64. The molecule has 0 aromatic rings. The summed E-state index contributed by atoms with van der Waals surface area (Å²) >= 11 is 0. The number of nitrogens with zero attached hydrogens (tertiary/aromatic N) is 2. The predicted molar refractivity (Wildman–Crippen MR) is 72.1 cm³/mol. The Hall–Kier alpha value is -0.330. The number of carbonyl (C=O) groups is 1. The van der Waals surface area contributed by atoms with Crippen LogP contribution in [-0.4, -0.2) is 62.6 Å². The third kappa shape index (κ3) is 5.12.